The summed E-state index contributed by atoms with van der Waals surface area (Å²) in [5.74, 6) is 1.33. The Labute approximate surface area is 368 Å². The smallest absolute Gasteiger partial charge is 0.159 e. The zero-order valence-electron chi connectivity index (χ0n) is 35.0. The highest BCUT2D eigenvalue weighted by atomic mass is 15.2. The van der Waals surface area contributed by atoms with Gasteiger partial charge in [0.15, 0.2) is 5.84 Å². The lowest BCUT2D eigenvalue weighted by Gasteiger charge is -2.27. The minimum atomic E-state index is -0.484. The number of nitrogens with zero attached hydrogens (tertiary/aromatic N) is 3. The van der Waals surface area contributed by atoms with Gasteiger partial charge in [-0.25, -0.2) is 9.98 Å². The Bertz CT molecular complexity index is 3090. The lowest BCUT2D eigenvalue weighted by atomic mass is 9.90. The summed E-state index contributed by atoms with van der Waals surface area (Å²) in [6.07, 6.45) is 24.5. The number of allylic oxidation sites excluding steroid dienone is 5. The van der Waals surface area contributed by atoms with Crippen molar-refractivity contribution in [1.82, 2.24) is 20.9 Å². The maximum atomic E-state index is 5.34. The highest BCUT2D eigenvalue weighted by Crippen LogP contribution is 2.31. The predicted octanol–water partition coefficient (Wildman–Crippen LogP) is 9.71. The minimum Gasteiger partial charge on any atom is -0.381 e. The number of aromatic nitrogens is 1. The summed E-state index contributed by atoms with van der Waals surface area (Å²) in [6, 6.07) is 49.2. The predicted molar refractivity (Wildman–Crippen MR) is 261 cm³/mol. The van der Waals surface area contributed by atoms with Crippen molar-refractivity contribution in [2.75, 3.05) is 0 Å². The van der Waals surface area contributed by atoms with Gasteiger partial charge in [0.2, 0.25) is 0 Å². The Morgan fingerprint density at radius 1 is 0.603 bits per heavy atom. The van der Waals surface area contributed by atoms with Crippen LogP contribution in [0.3, 0.4) is 0 Å². The third kappa shape index (κ3) is 8.22. The first-order valence-electron chi connectivity index (χ1n) is 21.4. The summed E-state index contributed by atoms with van der Waals surface area (Å²) < 4.78 is 0. The van der Waals surface area contributed by atoms with Crippen LogP contribution in [0.5, 0.6) is 0 Å². The first kappa shape index (κ1) is 39.1. The molecule has 0 amide bonds. The largest absolute Gasteiger partial charge is 0.381 e. The van der Waals surface area contributed by atoms with Crippen molar-refractivity contribution in [2.45, 2.75) is 25.2 Å². The molecule has 3 aliphatic heterocycles. The highest BCUT2D eigenvalue weighted by molar-refractivity contribution is 6.14. The van der Waals surface area contributed by atoms with Gasteiger partial charge in [0.25, 0.3) is 0 Å². The van der Waals surface area contributed by atoms with Gasteiger partial charge in [0, 0.05) is 28.1 Å². The van der Waals surface area contributed by atoms with Gasteiger partial charge in [-0.3, -0.25) is 4.98 Å². The van der Waals surface area contributed by atoms with E-state index in [1.54, 1.807) is 0 Å². The Kier molecular flexibility index (Phi) is 10.8. The molecule has 1 aliphatic carbocycles. The van der Waals surface area contributed by atoms with Gasteiger partial charge in [-0.2, -0.15) is 0 Å². The summed E-state index contributed by atoms with van der Waals surface area (Å²) >= 11 is 0. The lowest BCUT2D eigenvalue weighted by Crippen LogP contribution is -2.45. The van der Waals surface area contributed by atoms with Crippen LogP contribution in [0.15, 0.2) is 240 Å². The number of fused-ring (bicyclic) bond motifs is 2. The van der Waals surface area contributed by atoms with Gasteiger partial charge in [-0.15, -0.1) is 0 Å². The Hall–Kier alpha value is -8.09. The van der Waals surface area contributed by atoms with Crippen molar-refractivity contribution in [3.05, 3.63) is 258 Å². The van der Waals surface area contributed by atoms with Crippen molar-refractivity contribution >= 4 is 22.9 Å². The van der Waals surface area contributed by atoms with E-state index in [-0.39, 0.29) is 12.1 Å². The fourth-order valence-electron chi connectivity index (χ4n) is 8.48. The maximum absolute atomic E-state index is 5.34. The quantitative estimate of drug-likeness (QED) is 0.121. The van der Waals surface area contributed by atoms with E-state index in [2.05, 4.69) is 210 Å². The number of aliphatic imine (C=N–C) groups is 2. The second-order valence-electron chi connectivity index (χ2n) is 15.8. The molecule has 63 heavy (non-hydrogen) atoms. The molecule has 5 aromatic carbocycles. The molecule has 0 spiro atoms. The van der Waals surface area contributed by atoms with Crippen LogP contribution in [0.2, 0.25) is 0 Å². The molecule has 0 saturated carbocycles. The third-order valence-electron chi connectivity index (χ3n) is 11.8. The van der Waals surface area contributed by atoms with Crippen LogP contribution in [0.25, 0.3) is 44.8 Å². The lowest BCUT2D eigenvalue weighted by molar-refractivity contribution is 0.732. The van der Waals surface area contributed by atoms with Crippen molar-refractivity contribution < 1.29 is 0 Å². The van der Waals surface area contributed by atoms with Crippen molar-refractivity contribution in [3.8, 4) is 33.5 Å². The molecule has 3 atom stereocenters. The van der Waals surface area contributed by atoms with E-state index in [9.17, 15) is 0 Å². The molecule has 304 valence electrons. The van der Waals surface area contributed by atoms with Gasteiger partial charge in [0.05, 0.1) is 23.5 Å². The number of hydrogen-bond donors (Lipinski definition) is 3. The SMILES string of the molecule is C=C(/C=C\C(=C/C)C1C=CC=CN1)C1N=C(c2cc(C3=c4ccccc4=C4C=CC=CC4N3)cc(-c3ccc(-c4ccccc4)cc3)c2)N=C(c2ccc(-c3ccccn3)cc2)N1. The van der Waals surface area contributed by atoms with Gasteiger partial charge in [-0.05, 0) is 99.3 Å². The average Bonchev–Trinajstić information content (AvgIpc) is 3.37. The molecule has 0 fully saturated rings. The second kappa shape index (κ2) is 17.5. The fourth-order valence-corrected chi connectivity index (χ4v) is 8.48. The van der Waals surface area contributed by atoms with Crippen LogP contribution in [0.4, 0.5) is 0 Å². The normalized spacial score (nSPS) is 18.7. The van der Waals surface area contributed by atoms with E-state index in [4.69, 9.17) is 9.98 Å². The number of hydrogen-bond acceptors (Lipinski definition) is 6. The molecule has 4 heterocycles. The molecule has 0 bridgehead atoms. The third-order valence-corrected chi connectivity index (χ3v) is 11.8. The fraction of sp³-hybridized carbons (Fsp3) is 0.0702. The first-order chi connectivity index (χ1) is 31.1. The van der Waals surface area contributed by atoms with Crippen LogP contribution >= 0.6 is 0 Å². The number of pyridine rings is 1. The second-order valence-corrected chi connectivity index (χ2v) is 15.8. The number of nitrogens with one attached hydrogen (secondary N) is 3. The summed E-state index contributed by atoms with van der Waals surface area (Å²) in [4.78, 5) is 15.2. The maximum Gasteiger partial charge on any atom is 0.159 e. The number of benzene rings is 5. The van der Waals surface area contributed by atoms with Crippen LogP contribution in [-0.2, 0) is 0 Å². The van der Waals surface area contributed by atoms with E-state index in [0.29, 0.717) is 11.7 Å². The van der Waals surface area contributed by atoms with Gasteiger partial charge in [0.1, 0.15) is 12.0 Å². The summed E-state index contributed by atoms with van der Waals surface area (Å²) in [5.41, 5.74) is 13.6. The standard InChI is InChI=1S/C57H46N6/c1-3-39(51-20-11-13-33-58-51)24-23-38(2)55-61-56(44-31-29-43(30-32-44)52-21-12-14-34-59-52)63-57(62-55)47-36-45(42-27-25-41(26-28-42)40-15-5-4-6-16-40)35-46(37-47)54-50-19-8-7-17-48(50)49-18-9-10-22-53(49)60-54/h3-37,51,53,55,58,60H,2H2,1H3,(H,61,62,63)/b24-23-,39-3+. The molecule has 0 saturated heterocycles. The van der Waals surface area contributed by atoms with Gasteiger partial charge < -0.3 is 16.0 Å². The number of dihydropyridines is 1. The number of rotatable bonds is 10. The Morgan fingerprint density at radius 3 is 2.05 bits per heavy atom. The minimum absolute atomic E-state index is 0.0453. The highest BCUT2D eigenvalue weighted by Gasteiger charge is 2.25. The zero-order chi connectivity index (χ0) is 42.5. The van der Waals surface area contributed by atoms with Crippen LogP contribution < -0.4 is 26.4 Å². The molecule has 4 aliphatic rings. The topological polar surface area (TPSA) is 73.7 Å². The van der Waals surface area contributed by atoms with E-state index >= 15 is 0 Å². The molecule has 0 radical (unpaired) electrons. The Morgan fingerprint density at radius 2 is 1.29 bits per heavy atom. The molecular weight excluding hydrogens is 769 g/mol. The monoisotopic (exact) mass is 814 g/mol. The number of amidine groups is 2. The molecule has 6 heteroatoms. The molecule has 6 nitrogen and oxygen atoms in total. The van der Waals surface area contributed by atoms with E-state index in [0.717, 1.165) is 61.1 Å². The Balaban J connectivity index is 1.11. The zero-order valence-corrected chi connectivity index (χ0v) is 35.0. The van der Waals surface area contributed by atoms with Crippen LogP contribution in [0.1, 0.15) is 23.6 Å². The van der Waals surface area contributed by atoms with E-state index < -0.39 is 6.17 Å². The van der Waals surface area contributed by atoms with Crippen molar-refractivity contribution in [1.29, 1.82) is 0 Å². The van der Waals surface area contributed by atoms with E-state index in [1.807, 2.05) is 36.7 Å². The van der Waals surface area contributed by atoms with Crippen molar-refractivity contribution in [2.24, 2.45) is 9.98 Å². The molecular formula is C57H46N6. The first-order valence-corrected chi connectivity index (χ1v) is 21.4. The van der Waals surface area contributed by atoms with E-state index in [1.165, 1.54) is 21.9 Å². The van der Waals surface area contributed by atoms with Crippen LogP contribution in [0, 0.1) is 0 Å². The van der Waals surface area contributed by atoms with Crippen molar-refractivity contribution in [3.63, 3.8) is 0 Å². The van der Waals surface area contributed by atoms with Gasteiger partial charge in [-0.1, -0.05) is 170 Å². The molecule has 6 aromatic rings. The average molecular weight is 815 g/mol. The summed E-state index contributed by atoms with van der Waals surface area (Å²) in [6.45, 7) is 6.62. The van der Waals surface area contributed by atoms with Crippen LogP contribution in [-0.4, -0.2) is 34.9 Å². The molecule has 1 aromatic heterocycles. The summed E-state index contributed by atoms with van der Waals surface area (Å²) in [5, 5.41) is 13.4. The molecule has 10 rings (SSSR count). The molecule has 3 N–H and O–H groups in total. The van der Waals surface area contributed by atoms with Gasteiger partial charge >= 0.3 is 0 Å². The molecule has 3 unspecified atom stereocenters. The summed E-state index contributed by atoms with van der Waals surface area (Å²) in [7, 11) is 0.